The van der Waals surface area contributed by atoms with Crippen LogP contribution in [-0.4, -0.2) is 103 Å². The van der Waals surface area contributed by atoms with Gasteiger partial charge in [-0.1, -0.05) is 0 Å². The van der Waals surface area contributed by atoms with E-state index in [1.165, 1.54) is 28.4 Å². The van der Waals surface area contributed by atoms with Gasteiger partial charge >= 0.3 is 11.9 Å². The quantitative estimate of drug-likeness (QED) is 0.209. The lowest BCUT2D eigenvalue weighted by atomic mass is 10.4. The van der Waals surface area contributed by atoms with Gasteiger partial charge in [-0.3, -0.25) is 19.4 Å². The minimum absolute atomic E-state index is 0.0166. The topological polar surface area (TPSA) is 96.0 Å². The van der Waals surface area contributed by atoms with Crippen molar-refractivity contribution in [2.75, 3.05) is 81.7 Å². The Balaban J connectivity index is 4.48. The number of methoxy groups -OCH3 is 4. The van der Waals surface area contributed by atoms with Gasteiger partial charge in [0.25, 0.3) is 0 Å². The van der Waals surface area contributed by atoms with Gasteiger partial charge in [0, 0.05) is 27.3 Å². The van der Waals surface area contributed by atoms with Gasteiger partial charge in [0.2, 0.25) is 0 Å². The molecule has 0 aromatic rings. The molecule has 0 bridgehead atoms. The van der Waals surface area contributed by atoms with E-state index in [1.54, 1.807) is 4.90 Å². The van der Waals surface area contributed by atoms with Crippen molar-refractivity contribution >= 4 is 11.9 Å². The molecule has 0 spiro atoms. The first-order chi connectivity index (χ1) is 11.6. The highest BCUT2D eigenvalue weighted by atomic mass is 16.7. The number of carbonyl (C=O) groups excluding carboxylic acids is 2. The summed E-state index contributed by atoms with van der Waals surface area (Å²) in [5, 5.41) is 0. The first-order valence-corrected chi connectivity index (χ1v) is 7.29. The number of rotatable bonds is 15. The fourth-order valence-electron chi connectivity index (χ4n) is 1.66. The van der Waals surface area contributed by atoms with Crippen LogP contribution in [0.5, 0.6) is 0 Å². The molecule has 0 unspecified atom stereocenters. The van der Waals surface area contributed by atoms with Crippen molar-refractivity contribution in [1.29, 1.82) is 0 Å². The van der Waals surface area contributed by atoms with Crippen molar-refractivity contribution in [3.05, 3.63) is 0 Å². The molecule has 0 heterocycles. The summed E-state index contributed by atoms with van der Waals surface area (Å²) in [5.41, 5.74) is 0. The minimum Gasteiger partial charge on any atom is -0.468 e. The standard InChI is InChI=1S/C14H28N2O8/c1-19-11-23-9-16(10-24-12-20-2)6-5-15(7-13(17)21-3)8-14(18)22-4/h5-12H2,1-4H3. The van der Waals surface area contributed by atoms with Crippen LogP contribution in [0.4, 0.5) is 0 Å². The number of nitrogens with zero attached hydrogens (tertiary/aromatic N) is 2. The molecule has 0 saturated heterocycles. The van der Waals surface area contributed by atoms with Crippen LogP contribution in [0.15, 0.2) is 0 Å². The Morgan fingerprint density at radius 3 is 1.50 bits per heavy atom. The molecular formula is C14H28N2O8. The highest BCUT2D eigenvalue weighted by Crippen LogP contribution is 1.97. The third kappa shape index (κ3) is 12.2. The zero-order chi connectivity index (χ0) is 18.2. The van der Waals surface area contributed by atoms with Gasteiger partial charge in [-0.2, -0.15) is 0 Å². The SMILES string of the molecule is COCOCN(CCN(CC(=O)OC)CC(=O)OC)COCOC. The van der Waals surface area contributed by atoms with Gasteiger partial charge in [-0.05, 0) is 0 Å². The summed E-state index contributed by atoms with van der Waals surface area (Å²) in [6, 6.07) is 0. The molecule has 10 heteroatoms. The molecule has 24 heavy (non-hydrogen) atoms. The Hall–Kier alpha value is -1.30. The monoisotopic (exact) mass is 352 g/mol. The van der Waals surface area contributed by atoms with Crippen molar-refractivity contribution in [3.8, 4) is 0 Å². The van der Waals surface area contributed by atoms with E-state index in [-0.39, 0.29) is 40.1 Å². The zero-order valence-corrected chi connectivity index (χ0v) is 14.8. The average molecular weight is 352 g/mol. The van der Waals surface area contributed by atoms with E-state index in [1.807, 2.05) is 4.90 Å². The fourth-order valence-corrected chi connectivity index (χ4v) is 1.66. The van der Waals surface area contributed by atoms with Crippen LogP contribution in [0, 0.1) is 0 Å². The van der Waals surface area contributed by atoms with E-state index in [9.17, 15) is 9.59 Å². The highest BCUT2D eigenvalue weighted by molar-refractivity contribution is 5.74. The molecule has 0 aromatic carbocycles. The molecular weight excluding hydrogens is 324 g/mol. The van der Waals surface area contributed by atoms with Crippen LogP contribution >= 0.6 is 0 Å². The lowest BCUT2D eigenvalue weighted by Crippen LogP contribution is -2.42. The van der Waals surface area contributed by atoms with E-state index in [4.69, 9.17) is 18.9 Å². The highest BCUT2D eigenvalue weighted by Gasteiger charge is 2.17. The Morgan fingerprint density at radius 1 is 0.708 bits per heavy atom. The molecule has 142 valence electrons. The van der Waals surface area contributed by atoms with Gasteiger partial charge in [-0.15, -0.1) is 0 Å². The first-order valence-electron chi connectivity index (χ1n) is 7.29. The van der Waals surface area contributed by atoms with Crippen LogP contribution in [0.1, 0.15) is 0 Å². The third-order valence-electron chi connectivity index (χ3n) is 2.84. The summed E-state index contributed by atoms with van der Waals surface area (Å²) < 4.78 is 29.5. The van der Waals surface area contributed by atoms with Gasteiger partial charge in [-0.25, -0.2) is 0 Å². The van der Waals surface area contributed by atoms with Crippen LogP contribution in [0.3, 0.4) is 0 Å². The lowest BCUT2D eigenvalue weighted by molar-refractivity contribution is -0.146. The summed E-state index contributed by atoms with van der Waals surface area (Å²) in [7, 11) is 5.64. The number of hydrogen-bond donors (Lipinski definition) is 0. The zero-order valence-electron chi connectivity index (χ0n) is 14.8. The Labute approximate surface area is 142 Å². The van der Waals surface area contributed by atoms with Crippen molar-refractivity contribution in [2.45, 2.75) is 0 Å². The molecule has 0 saturated carbocycles. The second-order valence-electron chi connectivity index (χ2n) is 4.74. The van der Waals surface area contributed by atoms with Gasteiger partial charge < -0.3 is 28.4 Å². The van der Waals surface area contributed by atoms with Crippen molar-refractivity contribution < 1.29 is 38.0 Å². The van der Waals surface area contributed by atoms with E-state index >= 15 is 0 Å². The maximum absolute atomic E-state index is 11.4. The first kappa shape index (κ1) is 22.7. The average Bonchev–Trinajstić information content (AvgIpc) is 2.58. The minimum atomic E-state index is -0.434. The number of esters is 2. The largest absolute Gasteiger partial charge is 0.468 e. The Kier molecular flexibility index (Phi) is 14.4. The van der Waals surface area contributed by atoms with Crippen molar-refractivity contribution in [2.24, 2.45) is 0 Å². The van der Waals surface area contributed by atoms with Crippen LogP contribution in [-0.2, 0) is 38.0 Å². The maximum atomic E-state index is 11.4. The van der Waals surface area contributed by atoms with Crippen molar-refractivity contribution in [3.63, 3.8) is 0 Å². The number of hydrogen-bond acceptors (Lipinski definition) is 10. The van der Waals surface area contributed by atoms with Gasteiger partial charge in [0.1, 0.15) is 27.0 Å². The lowest BCUT2D eigenvalue weighted by Gasteiger charge is -2.26. The predicted molar refractivity (Wildman–Crippen MR) is 82.8 cm³/mol. The van der Waals surface area contributed by atoms with Crippen LogP contribution in [0.2, 0.25) is 0 Å². The van der Waals surface area contributed by atoms with Gasteiger partial charge in [0.05, 0.1) is 27.3 Å². The van der Waals surface area contributed by atoms with E-state index in [0.29, 0.717) is 13.1 Å². The summed E-state index contributed by atoms with van der Waals surface area (Å²) in [5.74, 6) is -0.867. The smallest absolute Gasteiger partial charge is 0.319 e. The summed E-state index contributed by atoms with van der Waals surface area (Å²) >= 11 is 0. The normalized spacial score (nSPS) is 11.1. The molecule has 0 fully saturated rings. The Bertz CT molecular complexity index is 315. The fraction of sp³-hybridized carbons (Fsp3) is 0.857. The second kappa shape index (κ2) is 15.2. The van der Waals surface area contributed by atoms with Crippen molar-refractivity contribution in [1.82, 2.24) is 9.80 Å². The second-order valence-corrected chi connectivity index (χ2v) is 4.74. The molecule has 0 aliphatic rings. The van der Waals surface area contributed by atoms with Crippen LogP contribution < -0.4 is 0 Å². The maximum Gasteiger partial charge on any atom is 0.319 e. The van der Waals surface area contributed by atoms with E-state index in [0.717, 1.165) is 0 Å². The summed E-state index contributed by atoms with van der Waals surface area (Å²) in [6.45, 7) is 1.69. The molecule has 0 aromatic heterocycles. The summed E-state index contributed by atoms with van der Waals surface area (Å²) in [4.78, 5) is 26.3. The molecule has 10 nitrogen and oxygen atoms in total. The van der Waals surface area contributed by atoms with E-state index < -0.39 is 11.9 Å². The molecule has 0 rings (SSSR count). The number of carbonyl (C=O) groups is 2. The van der Waals surface area contributed by atoms with Crippen LogP contribution in [0.25, 0.3) is 0 Å². The molecule has 0 amide bonds. The van der Waals surface area contributed by atoms with E-state index in [2.05, 4.69) is 9.47 Å². The summed E-state index contributed by atoms with van der Waals surface area (Å²) in [6.07, 6.45) is 0. The molecule has 0 aliphatic carbocycles. The molecule has 0 aliphatic heterocycles. The molecule has 0 N–H and O–H groups in total. The Morgan fingerprint density at radius 2 is 1.12 bits per heavy atom. The third-order valence-corrected chi connectivity index (χ3v) is 2.84. The predicted octanol–water partition coefficient (Wildman–Crippen LogP) is -0.908. The number of ether oxygens (including phenoxy) is 6. The molecule has 0 radical (unpaired) electrons. The van der Waals surface area contributed by atoms with Gasteiger partial charge in [0.15, 0.2) is 0 Å². The molecule has 0 atom stereocenters.